The predicted molar refractivity (Wildman–Crippen MR) is 88.4 cm³/mol. The molecule has 0 saturated carbocycles. The van der Waals surface area contributed by atoms with Crippen LogP contribution in [0.25, 0.3) is 0 Å². The summed E-state index contributed by atoms with van der Waals surface area (Å²) in [6, 6.07) is 12.8. The van der Waals surface area contributed by atoms with E-state index in [1.54, 1.807) is 19.2 Å². The Morgan fingerprint density at radius 2 is 1.95 bits per heavy atom. The fourth-order valence-corrected chi connectivity index (χ4v) is 2.18. The van der Waals surface area contributed by atoms with Crippen molar-refractivity contribution < 1.29 is 4.74 Å². The number of nitrogens with one attached hydrogen (secondary N) is 1. The molecule has 3 N–H and O–H groups in total. The van der Waals surface area contributed by atoms with Gasteiger partial charge in [0, 0.05) is 10.7 Å². The van der Waals surface area contributed by atoms with Crippen molar-refractivity contribution in [1.82, 2.24) is 0 Å². The highest BCUT2D eigenvalue weighted by Crippen LogP contribution is 2.27. The van der Waals surface area contributed by atoms with Crippen LogP contribution in [0.5, 0.6) is 5.75 Å². The van der Waals surface area contributed by atoms with E-state index in [0.717, 1.165) is 11.3 Å². The summed E-state index contributed by atoms with van der Waals surface area (Å²) in [5.74, 6) is 0.893. The Bertz CT molecular complexity index is 659. The minimum Gasteiger partial charge on any atom is -0.495 e. The molecule has 0 aliphatic heterocycles. The van der Waals surface area contributed by atoms with E-state index in [-0.39, 0.29) is 5.96 Å². The lowest BCUT2D eigenvalue weighted by Gasteiger charge is -2.08. The standard InChI is InChI=1S/C15H15Cl2N3O/c1-21-14-7-6-11(8-13(14)17)20-15(18)19-9-10-4-2-3-5-12(10)16/h2-8H,9H2,1H3,(H3,18,19,20). The SMILES string of the molecule is COc1ccc(NC(N)=NCc2ccccc2Cl)cc1Cl. The van der Waals surface area contributed by atoms with Crippen LogP contribution in [0, 0.1) is 0 Å². The number of guanidine groups is 1. The van der Waals surface area contributed by atoms with Crippen molar-refractivity contribution in [2.45, 2.75) is 6.54 Å². The first-order valence-electron chi connectivity index (χ1n) is 6.24. The Balaban J connectivity index is 2.04. The van der Waals surface area contributed by atoms with Gasteiger partial charge in [0.05, 0.1) is 18.7 Å². The maximum absolute atomic E-state index is 6.06. The maximum Gasteiger partial charge on any atom is 0.193 e. The number of rotatable bonds is 4. The summed E-state index contributed by atoms with van der Waals surface area (Å²) in [5.41, 5.74) is 7.50. The van der Waals surface area contributed by atoms with Gasteiger partial charge in [-0.25, -0.2) is 4.99 Å². The molecule has 2 aromatic carbocycles. The van der Waals surface area contributed by atoms with E-state index in [1.807, 2.05) is 30.3 Å². The van der Waals surface area contributed by atoms with Gasteiger partial charge in [-0.3, -0.25) is 0 Å². The smallest absolute Gasteiger partial charge is 0.193 e. The molecule has 0 saturated heterocycles. The molecule has 0 radical (unpaired) electrons. The Kier molecular flexibility index (Phi) is 5.31. The van der Waals surface area contributed by atoms with Crippen molar-refractivity contribution in [3.8, 4) is 5.75 Å². The van der Waals surface area contributed by atoms with Crippen molar-refractivity contribution in [2.75, 3.05) is 12.4 Å². The van der Waals surface area contributed by atoms with E-state index < -0.39 is 0 Å². The zero-order chi connectivity index (χ0) is 15.2. The van der Waals surface area contributed by atoms with E-state index in [2.05, 4.69) is 10.3 Å². The van der Waals surface area contributed by atoms with E-state index in [9.17, 15) is 0 Å². The fraction of sp³-hybridized carbons (Fsp3) is 0.133. The van der Waals surface area contributed by atoms with E-state index in [0.29, 0.717) is 22.3 Å². The van der Waals surface area contributed by atoms with E-state index in [4.69, 9.17) is 33.7 Å². The molecule has 0 aromatic heterocycles. The van der Waals surface area contributed by atoms with Crippen LogP contribution < -0.4 is 15.8 Å². The molecular weight excluding hydrogens is 309 g/mol. The second kappa shape index (κ2) is 7.20. The van der Waals surface area contributed by atoms with Crippen LogP contribution in [0.3, 0.4) is 0 Å². The largest absolute Gasteiger partial charge is 0.495 e. The van der Waals surface area contributed by atoms with Gasteiger partial charge in [-0.2, -0.15) is 0 Å². The third-order valence-electron chi connectivity index (χ3n) is 2.80. The number of aliphatic imine (C=N–C) groups is 1. The molecule has 6 heteroatoms. The average molecular weight is 324 g/mol. The number of benzene rings is 2. The van der Waals surface area contributed by atoms with Gasteiger partial charge in [-0.1, -0.05) is 41.4 Å². The molecule has 2 aromatic rings. The van der Waals surface area contributed by atoms with Gasteiger partial charge in [0.1, 0.15) is 5.75 Å². The van der Waals surface area contributed by atoms with Gasteiger partial charge in [0.2, 0.25) is 0 Å². The number of halogens is 2. The second-order valence-electron chi connectivity index (χ2n) is 4.27. The molecule has 4 nitrogen and oxygen atoms in total. The third-order valence-corrected chi connectivity index (χ3v) is 3.47. The highest BCUT2D eigenvalue weighted by Gasteiger charge is 2.03. The van der Waals surface area contributed by atoms with Crippen molar-refractivity contribution in [1.29, 1.82) is 0 Å². The van der Waals surface area contributed by atoms with Crippen LogP contribution in [-0.4, -0.2) is 13.1 Å². The number of hydrogen-bond acceptors (Lipinski definition) is 2. The molecule has 0 fully saturated rings. The highest BCUT2D eigenvalue weighted by atomic mass is 35.5. The topological polar surface area (TPSA) is 59.6 Å². The van der Waals surface area contributed by atoms with Gasteiger partial charge in [0.25, 0.3) is 0 Å². The zero-order valence-electron chi connectivity index (χ0n) is 11.4. The molecule has 0 heterocycles. The first-order valence-corrected chi connectivity index (χ1v) is 6.99. The van der Waals surface area contributed by atoms with Gasteiger partial charge in [-0.05, 0) is 29.8 Å². The van der Waals surface area contributed by atoms with E-state index >= 15 is 0 Å². The lowest BCUT2D eigenvalue weighted by atomic mass is 10.2. The lowest BCUT2D eigenvalue weighted by molar-refractivity contribution is 0.415. The number of anilines is 1. The monoisotopic (exact) mass is 323 g/mol. The number of nitrogens with zero attached hydrogens (tertiary/aromatic N) is 1. The first-order chi connectivity index (χ1) is 10.1. The van der Waals surface area contributed by atoms with Crippen molar-refractivity contribution in [3.05, 3.63) is 58.1 Å². The molecule has 0 amide bonds. The molecule has 0 aliphatic carbocycles. The summed E-state index contributed by atoms with van der Waals surface area (Å²) in [6.45, 7) is 0.405. The molecule has 2 rings (SSSR count). The molecule has 21 heavy (non-hydrogen) atoms. The molecule has 0 bridgehead atoms. The minimum absolute atomic E-state index is 0.288. The summed E-state index contributed by atoms with van der Waals surface area (Å²) < 4.78 is 5.09. The quantitative estimate of drug-likeness (QED) is 0.662. The summed E-state index contributed by atoms with van der Waals surface area (Å²) in [7, 11) is 1.56. The van der Waals surface area contributed by atoms with Gasteiger partial charge in [-0.15, -0.1) is 0 Å². The number of ether oxygens (including phenoxy) is 1. The minimum atomic E-state index is 0.288. The molecule has 110 valence electrons. The summed E-state index contributed by atoms with van der Waals surface area (Å²) in [5, 5.41) is 4.14. The first kappa shape index (κ1) is 15.5. The van der Waals surface area contributed by atoms with Crippen molar-refractivity contribution in [2.24, 2.45) is 10.7 Å². The van der Waals surface area contributed by atoms with Crippen LogP contribution in [0.4, 0.5) is 5.69 Å². The fourth-order valence-electron chi connectivity index (χ4n) is 1.73. The normalized spacial score (nSPS) is 11.3. The van der Waals surface area contributed by atoms with Crippen LogP contribution in [0.2, 0.25) is 10.0 Å². The summed E-state index contributed by atoms with van der Waals surface area (Å²) in [6.07, 6.45) is 0. The van der Waals surface area contributed by atoms with Crippen LogP contribution in [-0.2, 0) is 6.54 Å². The molecule has 0 unspecified atom stereocenters. The highest BCUT2D eigenvalue weighted by molar-refractivity contribution is 6.32. The Morgan fingerprint density at radius 1 is 1.19 bits per heavy atom. The van der Waals surface area contributed by atoms with Crippen LogP contribution >= 0.6 is 23.2 Å². The third kappa shape index (κ3) is 4.28. The van der Waals surface area contributed by atoms with Gasteiger partial charge in [0.15, 0.2) is 5.96 Å². The zero-order valence-corrected chi connectivity index (χ0v) is 12.9. The second-order valence-corrected chi connectivity index (χ2v) is 5.08. The maximum atomic E-state index is 6.06. The number of methoxy groups -OCH3 is 1. The van der Waals surface area contributed by atoms with Gasteiger partial charge >= 0.3 is 0 Å². The van der Waals surface area contributed by atoms with Crippen LogP contribution in [0.15, 0.2) is 47.5 Å². The Morgan fingerprint density at radius 3 is 2.62 bits per heavy atom. The number of hydrogen-bond donors (Lipinski definition) is 2. The summed E-state index contributed by atoms with van der Waals surface area (Å²) in [4.78, 5) is 4.25. The molecule has 0 aliphatic rings. The molecular formula is C15H15Cl2N3O. The van der Waals surface area contributed by atoms with Crippen LogP contribution in [0.1, 0.15) is 5.56 Å². The van der Waals surface area contributed by atoms with Crippen molar-refractivity contribution >= 4 is 34.8 Å². The Hall–Kier alpha value is -1.91. The predicted octanol–water partition coefficient (Wildman–Crippen LogP) is 3.93. The average Bonchev–Trinajstić information content (AvgIpc) is 2.46. The van der Waals surface area contributed by atoms with Crippen molar-refractivity contribution in [3.63, 3.8) is 0 Å². The summed E-state index contributed by atoms with van der Waals surface area (Å²) >= 11 is 12.1. The van der Waals surface area contributed by atoms with Gasteiger partial charge < -0.3 is 15.8 Å². The number of nitrogens with two attached hydrogens (primary N) is 1. The van der Waals surface area contributed by atoms with E-state index in [1.165, 1.54) is 0 Å². The lowest BCUT2D eigenvalue weighted by Crippen LogP contribution is -2.22. The Labute approximate surface area is 133 Å². The molecule has 0 spiro atoms. The molecule has 0 atom stereocenters.